The van der Waals surface area contributed by atoms with Crippen LogP contribution in [0.2, 0.25) is 12.6 Å². The Morgan fingerprint density at radius 2 is 1.62 bits per heavy atom. The molecular weight excluding hydrogens is 732 g/mol. The maximum absolute atomic E-state index is 12.7. The molecule has 0 spiro atoms. The Balaban J connectivity index is 0.000000396. The minimum absolute atomic E-state index is 0. The van der Waals surface area contributed by atoms with E-state index >= 15 is 0 Å². The number of carboxylic acid groups (broad SMARTS) is 1. The molecule has 55 heavy (non-hydrogen) atoms. The number of rotatable bonds is 8. The van der Waals surface area contributed by atoms with E-state index < -0.39 is 24.5 Å². The molecular formula is C37H57B2N2Na2O12+. The van der Waals surface area contributed by atoms with Gasteiger partial charge in [-0.3, -0.25) is 0 Å². The fraction of sp³-hybridized carbons (Fsp3) is 0.622. The molecule has 5 unspecified atom stereocenters. The van der Waals surface area contributed by atoms with Crippen molar-refractivity contribution in [3.05, 3.63) is 46.5 Å². The van der Waals surface area contributed by atoms with Crippen molar-refractivity contribution in [3.8, 4) is 23.0 Å². The standard InChI is InChI=1S/C24H34BNO6.C11H15BNO6.2CH4.2Na/c1-22(2)14-9-17(22)24(5)18(10-14)31-25(32-24)11-13(12-26)15-7-8-16(28-6)19-20(15)29-23(3,4)30-21(19)27;1-18-8-3-2-7-6(5-13)4-12(16,17)19-10(7)9(8)11(14)15;;;;/h7-8,13-14,17-18H,9-12,26H2,1-6H3;2-3,6,16-17H,4-5,13H2,1H3,(H,14,15);2*1H4;;/q;-1;;;2*+1/t13?,14?,17?,18?,24-;;;;;/m0...../s1. The minimum Gasteiger partial charge on any atom is -0.669 e. The summed E-state index contributed by atoms with van der Waals surface area (Å²) in [5.74, 6) is -1.15. The molecule has 2 bridgehead atoms. The Morgan fingerprint density at radius 3 is 2.18 bits per heavy atom. The minimum atomic E-state index is -3.11. The number of carbonyl (C=O) groups excluding carboxylic acids is 1. The van der Waals surface area contributed by atoms with E-state index in [-0.39, 0.29) is 135 Å². The number of aromatic carboxylic acids is 1. The van der Waals surface area contributed by atoms with Crippen molar-refractivity contribution >= 4 is 25.8 Å². The zero-order valence-corrected chi connectivity index (χ0v) is 36.3. The molecule has 2 aromatic rings. The summed E-state index contributed by atoms with van der Waals surface area (Å²) in [5, 5.41) is 28.6. The van der Waals surface area contributed by atoms with E-state index in [4.69, 9.17) is 44.4 Å². The van der Waals surface area contributed by atoms with Crippen LogP contribution < -0.4 is 89.4 Å². The molecule has 3 heterocycles. The van der Waals surface area contributed by atoms with Crippen LogP contribution in [-0.4, -0.2) is 85.8 Å². The molecule has 3 saturated carbocycles. The molecule has 6 aliphatic rings. The van der Waals surface area contributed by atoms with Gasteiger partial charge in [-0.05, 0) is 91.5 Å². The first kappa shape index (κ1) is 49.6. The normalized spacial score (nSPS) is 27.1. The summed E-state index contributed by atoms with van der Waals surface area (Å²) >= 11 is 0. The van der Waals surface area contributed by atoms with Crippen molar-refractivity contribution in [3.63, 3.8) is 0 Å². The fourth-order valence-corrected chi connectivity index (χ4v) is 8.91. The van der Waals surface area contributed by atoms with Gasteiger partial charge < -0.3 is 59.5 Å². The van der Waals surface area contributed by atoms with Gasteiger partial charge in [-0.1, -0.05) is 47.2 Å². The topological polar surface area (TPSA) is 211 Å². The van der Waals surface area contributed by atoms with E-state index in [0.29, 0.717) is 52.7 Å². The quantitative estimate of drug-likeness (QED) is 0.157. The van der Waals surface area contributed by atoms with Crippen LogP contribution in [0.3, 0.4) is 0 Å². The third kappa shape index (κ3) is 9.06. The van der Waals surface area contributed by atoms with Gasteiger partial charge in [-0.2, -0.15) is 0 Å². The first-order valence-corrected chi connectivity index (χ1v) is 17.5. The maximum atomic E-state index is 12.7. The molecule has 294 valence electrons. The number of nitrogens with two attached hydrogens (primary N) is 2. The predicted molar refractivity (Wildman–Crippen MR) is 201 cm³/mol. The number of hydrogen-bond donors (Lipinski definition) is 5. The Bertz CT molecular complexity index is 1720. The van der Waals surface area contributed by atoms with Crippen molar-refractivity contribution < 1.29 is 117 Å². The Labute approximate surface area is 369 Å². The molecule has 0 radical (unpaired) electrons. The van der Waals surface area contributed by atoms with E-state index in [1.54, 1.807) is 26.0 Å². The van der Waals surface area contributed by atoms with Crippen LogP contribution in [0.15, 0.2) is 24.3 Å². The zero-order valence-electron chi connectivity index (χ0n) is 32.3. The molecule has 0 aromatic heterocycles. The summed E-state index contributed by atoms with van der Waals surface area (Å²) < 4.78 is 40.0. The van der Waals surface area contributed by atoms with Crippen molar-refractivity contribution in [1.82, 2.24) is 0 Å². The smallest absolute Gasteiger partial charge is 0.669 e. The van der Waals surface area contributed by atoms with E-state index in [1.165, 1.54) is 26.7 Å². The number of esters is 1. The zero-order chi connectivity index (χ0) is 37.3. The second-order valence-electron chi connectivity index (χ2n) is 15.5. The monoisotopic (exact) mass is 789 g/mol. The first-order valence-electron chi connectivity index (χ1n) is 17.5. The van der Waals surface area contributed by atoms with Crippen LogP contribution in [0.5, 0.6) is 23.0 Å². The summed E-state index contributed by atoms with van der Waals surface area (Å²) in [6, 6.07) is 6.83. The van der Waals surface area contributed by atoms with E-state index in [9.17, 15) is 24.7 Å². The number of ether oxygens (including phenoxy) is 4. The second-order valence-corrected chi connectivity index (χ2v) is 15.5. The molecule has 2 aromatic carbocycles. The third-order valence-corrected chi connectivity index (χ3v) is 11.7. The average molecular weight is 789 g/mol. The number of methoxy groups -OCH3 is 2. The maximum Gasteiger partial charge on any atom is 1.00 e. The molecule has 6 atom stereocenters. The van der Waals surface area contributed by atoms with E-state index in [0.717, 1.165) is 12.0 Å². The number of carboxylic acids is 1. The summed E-state index contributed by atoms with van der Waals surface area (Å²) in [7, 11) is 2.51. The van der Waals surface area contributed by atoms with Gasteiger partial charge in [-0.25, -0.2) is 9.59 Å². The number of benzene rings is 2. The van der Waals surface area contributed by atoms with Gasteiger partial charge in [0.15, 0.2) is 0 Å². The molecule has 1 saturated heterocycles. The van der Waals surface area contributed by atoms with Crippen LogP contribution in [0.4, 0.5) is 0 Å². The summed E-state index contributed by atoms with van der Waals surface area (Å²) in [6.07, 6.45) is 2.92. The third-order valence-electron chi connectivity index (χ3n) is 11.7. The molecule has 3 aliphatic carbocycles. The summed E-state index contributed by atoms with van der Waals surface area (Å²) in [4.78, 5) is 24.1. The molecule has 3 aliphatic heterocycles. The first-order chi connectivity index (χ1) is 23.9. The van der Waals surface area contributed by atoms with Crippen LogP contribution in [-0.2, 0) is 14.0 Å². The second kappa shape index (κ2) is 18.2. The summed E-state index contributed by atoms with van der Waals surface area (Å²) in [5.41, 5.74) is 13.3. The molecule has 14 nitrogen and oxygen atoms in total. The van der Waals surface area contributed by atoms with E-state index in [1.807, 2.05) is 6.07 Å². The Kier molecular flexibility index (Phi) is 16.4. The van der Waals surface area contributed by atoms with Crippen LogP contribution in [0, 0.1) is 17.3 Å². The number of hydrogen-bond acceptors (Lipinski definition) is 13. The van der Waals surface area contributed by atoms with Gasteiger partial charge in [0, 0.05) is 13.8 Å². The van der Waals surface area contributed by atoms with Gasteiger partial charge in [-0.15, -0.1) is 0 Å². The molecule has 8 rings (SSSR count). The SMILES string of the molecule is C.C.COc1ccc(C(CN)CB2OC3CC4CC(C4(C)C)[C@]3(C)O2)c2c1C(=O)OC(C)(C)O2.COc1ccc2c(c1C(=O)O)O[B-](O)(O)CC2CN.[Na+].[Na+]. The van der Waals surface area contributed by atoms with Crippen LogP contribution in [0.25, 0.3) is 0 Å². The summed E-state index contributed by atoms with van der Waals surface area (Å²) in [6.45, 7) is 7.79. The van der Waals surface area contributed by atoms with Crippen molar-refractivity contribution in [2.75, 3.05) is 27.3 Å². The van der Waals surface area contributed by atoms with Crippen molar-refractivity contribution in [2.45, 2.75) is 104 Å². The predicted octanol–water partition coefficient (Wildman–Crippen LogP) is -1.22. The molecule has 7 N–H and O–H groups in total. The van der Waals surface area contributed by atoms with Crippen molar-refractivity contribution in [2.24, 2.45) is 28.7 Å². The number of fused-ring (bicyclic) bond motifs is 2. The van der Waals surface area contributed by atoms with Crippen LogP contribution in [0.1, 0.15) is 106 Å². The number of cyclic esters (lactones) is 1. The average Bonchev–Trinajstić information content (AvgIpc) is 3.40. The number of carbonyl (C=O) groups is 2. The van der Waals surface area contributed by atoms with Crippen LogP contribution >= 0.6 is 0 Å². The van der Waals surface area contributed by atoms with Gasteiger partial charge in [0.05, 0.1) is 31.7 Å². The van der Waals surface area contributed by atoms with Gasteiger partial charge >= 0.3 is 84.9 Å². The van der Waals surface area contributed by atoms with Gasteiger partial charge in [0.25, 0.3) is 0 Å². The van der Waals surface area contributed by atoms with E-state index in [2.05, 4.69) is 20.8 Å². The largest absolute Gasteiger partial charge is 1.00 e. The molecule has 4 fully saturated rings. The fourth-order valence-electron chi connectivity index (χ4n) is 8.91. The Hall–Kier alpha value is -1.53. The molecule has 0 amide bonds. The Morgan fingerprint density at radius 1 is 0.982 bits per heavy atom. The van der Waals surface area contributed by atoms with Gasteiger partial charge in [0.1, 0.15) is 28.4 Å². The van der Waals surface area contributed by atoms with Crippen molar-refractivity contribution in [1.29, 1.82) is 0 Å². The van der Waals surface area contributed by atoms with Gasteiger partial charge in [0.2, 0.25) is 5.79 Å². The molecule has 18 heteroatoms.